The van der Waals surface area contributed by atoms with Gasteiger partial charge in [0.1, 0.15) is 5.54 Å². The average molecular weight is 266 g/mol. The summed E-state index contributed by atoms with van der Waals surface area (Å²) in [7, 11) is 0. The summed E-state index contributed by atoms with van der Waals surface area (Å²) in [5.41, 5.74) is -1.08. The zero-order valence-electron chi connectivity index (χ0n) is 11.2. The SMILES string of the molecule is C#CCCCCNC(=O)NC1(C(=O)O)CCCCC1. The van der Waals surface area contributed by atoms with Crippen molar-refractivity contribution in [3.8, 4) is 12.3 Å². The Morgan fingerprint density at radius 1 is 1.21 bits per heavy atom. The molecule has 1 rings (SSSR count). The molecule has 0 unspecified atom stereocenters. The number of carbonyl (C=O) groups is 2. The molecule has 0 bridgehead atoms. The molecule has 19 heavy (non-hydrogen) atoms. The summed E-state index contributed by atoms with van der Waals surface area (Å²) in [6.45, 7) is 0.517. The van der Waals surface area contributed by atoms with Crippen molar-refractivity contribution < 1.29 is 14.7 Å². The van der Waals surface area contributed by atoms with Crippen LogP contribution in [0.5, 0.6) is 0 Å². The lowest BCUT2D eigenvalue weighted by atomic mass is 9.82. The molecular weight excluding hydrogens is 244 g/mol. The molecule has 0 aromatic heterocycles. The van der Waals surface area contributed by atoms with Crippen LogP contribution in [-0.4, -0.2) is 29.2 Å². The molecule has 106 valence electrons. The van der Waals surface area contributed by atoms with Crippen LogP contribution >= 0.6 is 0 Å². The van der Waals surface area contributed by atoms with Crippen LogP contribution in [0, 0.1) is 12.3 Å². The summed E-state index contributed by atoms with van der Waals surface area (Å²) in [4.78, 5) is 23.1. The van der Waals surface area contributed by atoms with Crippen molar-refractivity contribution in [2.45, 2.75) is 56.9 Å². The Bertz CT molecular complexity index is 354. The molecule has 5 nitrogen and oxygen atoms in total. The van der Waals surface area contributed by atoms with E-state index in [9.17, 15) is 14.7 Å². The van der Waals surface area contributed by atoms with Gasteiger partial charge in [-0.2, -0.15) is 0 Å². The lowest BCUT2D eigenvalue weighted by Gasteiger charge is -2.33. The smallest absolute Gasteiger partial charge is 0.329 e. The van der Waals surface area contributed by atoms with Gasteiger partial charge in [-0.1, -0.05) is 19.3 Å². The van der Waals surface area contributed by atoms with Crippen molar-refractivity contribution in [2.75, 3.05) is 6.54 Å². The summed E-state index contributed by atoms with van der Waals surface area (Å²) in [5, 5.41) is 14.6. The summed E-state index contributed by atoms with van der Waals surface area (Å²) in [6, 6.07) is -0.398. The molecular formula is C14H22N2O3. The molecule has 0 atom stereocenters. The molecule has 1 aliphatic carbocycles. The Labute approximate surface area is 114 Å². The molecule has 0 aromatic rings. The maximum atomic E-state index is 11.7. The maximum Gasteiger partial charge on any atom is 0.329 e. The standard InChI is InChI=1S/C14H22N2O3/c1-2-3-4-8-11-15-13(19)16-14(12(17)18)9-6-5-7-10-14/h1H,3-11H2,(H,17,18)(H2,15,16,19). The monoisotopic (exact) mass is 266 g/mol. The highest BCUT2D eigenvalue weighted by Gasteiger charge is 2.40. The second-order valence-corrected chi connectivity index (χ2v) is 4.99. The molecule has 2 amide bonds. The van der Waals surface area contributed by atoms with Gasteiger partial charge < -0.3 is 15.7 Å². The third kappa shape index (κ3) is 4.82. The topological polar surface area (TPSA) is 78.4 Å². The van der Waals surface area contributed by atoms with Gasteiger partial charge in [0.05, 0.1) is 0 Å². The van der Waals surface area contributed by atoms with Crippen molar-refractivity contribution in [1.29, 1.82) is 0 Å². The molecule has 1 saturated carbocycles. The third-order valence-corrected chi connectivity index (χ3v) is 3.50. The van der Waals surface area contributed by atoms with Gasteiger partial charge in [-0.3, -0.25) is 0 Å². The van der Waals surface area contributed by atoms with E-state index in [2.05, 4.69) is 16.6 Å². The van der Waals surface area contributed by atoms with Crippen molar-refractivity contribution in [1.82, 2.24) is 10.6 Å². The Morgan fingerprint density at radius 2 is 1.89 bits per heavy atom. The fourth-order valence-electron chi connectivity index (χ4n) is 2.36. The van der Waals surface area contributed by atoms with Gasteiger partial charge in [0.25, 0.3) is 0 Å². The van der Waals surface area contributed by atoms with Crippen LogP contribution in [0.25, 0.3) is 0 Å². The minimum atomic E-state index is -1.08. The summed E-state index contributed by atoms with van der Waals surface area (Å²) >= 11 is 0. The second kappa shape index (κ2) is 7.67. The Hall–Kier alpha value is -1.70. The van der Waals surface area contributed by atoms with Gasteiger partial charge in [0, 0.05) is 13.0 Å². The molecule has 0 heterocycles. The van der Waals surface area contributed by atoms with E-state index >= 15 is 0 Å². The lowest BCUT2D eigenvalue weighted by Crippen LogP contribution is -2.58. The van der Waals surface area contributed by atoms with Crippen molar-refractivity contribution in [3.05, 3.63) is 0 Å². The van der Waals surface area contributed by atoms with Gasteiger partial charge in [0.2, 0.25) is 0 Å². The van der Waals surface area contributed by atoms with E-state index in [4.69, 9.17) is 6.42 Å². The number of carbonyl (C=O) groups excluding carboxylic acids is 1. The number of terminal acetylenes is 1. The van der Waals surface area contributed by atoms with Crippen LogP contribution < -0.4 is 10.6 Å². The van der Waals surface area contributed by atoms with Crippen LogP contribution in [0.2, 0.25) is 0 Å². The molecule has 0 radical (unpaired) electrons. The van der Waals surface area contributed by atoms with E-state index in [0.29, 0.717) is 25.8 Å². The number of rotatable bonds is 6. The van der Waals surface area contributed by atoms with Crippen LogP contribution in [0.15, 0.2) is 0 Å². The molecule has 0 aliphatic heterocycles. The number of nitrogens with one attached hydrogen (secondary N) is 2. The number of unbranched alkanes of at least 4 members (excludes halogenated alkanes) is 2. The largest absolute Gasteiger partial charge is 0.480 e. The quantitative estimate of drug-likeness (QED) is 0.507. The molecule has 5 heteroatoms. The van der Waals surface area contributed by atoms with Crippen LogP contribution in [-0.2, 0) is 4.79 Å². The van der Waals surface area contributed by atoms with Crippen molar-refractivity contribution in [2.24, 2.45) is 0 Å². The second-order valence-electron chi connectivity index (χ2n) is 4.99. The minimum absolute atomic E-state index is 0.398. The normalized spacial score (nSPS) is 17.2. The molecule has 0 saturated heterocycles. The van der Waals surface area contributed by atoms with E-state index in [1.807, 2.05) is 0 Å². The number of carboxylic acid groups (broad SMARTS) is 1. The highest BCUT2D eigenvalue weighted by atomic mass is 16.4. The fourth-order valence-corrected chi connectivity index (χ4v) is 2.36. The van der Waals surface area contributed by atoms with Gasteiger partial charge in [0.15, 0.2) is 0 Å². The van der Waals surface area contributed by atoms with E-state index < -0.39 is 17.5 Å². The Morgan fingerprint density at radius 3 is 2.47 bits per heavy atom. The zero-order chi connectivity index (χ0) is 14.1. The number of urea groups is 1. The van der Waals surface area contributed by atoms with E-state index in [0.717, 1.165) is 32.1 Å². The first-order valence-corrected chi connectivity index (χ1v) is 6.83. The fraction of sp³-hybridized carbons (Fsp3) is 0.714. The summed E-state index contributed by atoms with van der Waals surface area (Å²) < 4.78 is 0. The Kier molecular flexibility index (Phi) is 6.20. The first kappa shape index (κ1) is 15.4. The zero-order valence-corrected chi connectivity index (χ0v) is 11.2. The predicted molar refractivity (Wildman–Crippen MR) is 72.7 cm³/mol. The first-order valence-electron chi connectivity index (χ1n) is 6.83. The van der Waals surface area contributed by atoms with Gasteiger partial charge >= 0.3 is 12.0 Å². The highest BCUT2D eigenvalue weighted by molar-refractivity contribution is 5.86. The Balaban J connectivity index is 2.36. The minimum Gasteiger partial charge on any atom is -0.480 e. The molecule has 1 aliphatic rings. The molecule has 1 fully saturated rings. The number of hydrogen-bond donors (Lipinski definition) is 3. The van der Waals surface area contributed by atoms with Crippen LogP contribution in [0.3, 0.4) is 0 Å². The molecule has 0 aromatic carbocycles. The van der Waals surface area contributed by atoms with E-state index in [1.54, 1.807) is 0 Å². The van der Waals surface area contributed by atoms with Crippen molar-refractivity contribution in [3.63, 3.8) is 0 Å². The average Bonchev–Trinajstić information content (AvgIpc) is 2.39. The predicted octanol–water partition coefficient (Wildman–Crippen LogP) is 1.88. The number of amides is 2. The summed E-state index contributed by atoms with van der Waals surface area (Å²) in [6.07, 6.45) is 11.2. The van der Waals surface area contributed by atoms with Gasteiger partial charge in [-0.05, 0) is 25.7 Å². The maximum absolute atomic E-state index is 11.7. The molecule has 0 spiro atoms. The van der Waals surface area contributed by atoms with Crippen molar-refractivity contribution >= 4 is 12.0 Å². The lowest BCUT2D eigenvalue weighted by molar-refractivity contribution is -0.145. The third-order valence-electron chi connectivity index (χ3n) is 3.50. The van der Waals surface area contributed by atoms with E-state index in [1.165, 1.54) is 0 Å². The highest BCUT2D eigenvalue weighted by Crippen LogP contribution is 2.28. The first-order chi connectivity index (χ1) is 9.10. The van der Waals surface area contributed by atoms with Gasteiger partial charge in [-0.15, -0.1) is 12.3 Å². The van der Waals surface area contributed by atoms with Gasteiger partial charge in [-0.25, -0.2) is 9.59 Å². The molecule has 3 N–H and O–H groups in total. The number of carboxylic acids is 1. The van der Waals surface area contributed by atoms with E-state index in [-0.39, 0.29) is 0 Å². The van der Waals surface area contributed by atoms with Crippen LogP contribution in [0.1, 0.15) is 51.4 Å². The number of hydrogen-bond acceptors (Lipinski definition) is 2. The van der Waals surface area contributed by atoms with Crippen LogP contribution in [0.4, 0.5) is 4.79 Å². The summed E-state index contributed by atoms with van der Waals surface area (Å²) in [5.74, 6) is 1.60. The number of aliphatic carboxylic acids is 1.